The van der Waals surface area contributed by atoms with Crippen LogP contribution in [-0.4, -0.2) is 30.5 Å². The average Bonchev–Trinajstić information content (AvgIpc) is 3.32. The number of aromatic nitrogens is 1. The van der Waals surface area contributed by atoms with Crippen LogP contribution in [0, 0.1) is 6.92 Å². The average molecular weight is 468 g/mol. The maximum Gasteiger partial charge on any atom is 0.387 e. The van der Waals surface area contributed by atoms with E-state index in [1.807, 2.05) is 19.1 Å². The molecule has 0 unspecified atom stereocenters. The van der Waals surface area contributed by atoms with Crippen LogP contribution in [0.15, 0.2) is 30.3 Å². The summed E-state index contributed by atoms with van der Waals surface area (Å²) in [5.41, 5.74) is 0.958. The third kappa shape index (κ3) is 5.76. The summed E-state index contributed by atoms with van der Waals surface area (Å²) in [6.45, 7) is 0.805. The van der Waals surface area contributed by atoms with Gasteiger partial charge in [-0.2, -0.15) is 8.78 Å². The number of benzene rings is 1. The summed E-state index contributed by atoms with van der Waals surface area (Å²) in [6, 6.07) is 7.78. The third-order valence-electron chi connectivity index (χ3n) is 4.07. The molecule has 0 bridgehead atoms. The molecule has 2 aromatic heterocycles. The van der Waals surface area contributed by atoms with Crippen LogP contribution < -0.4 is 20.1 Å². The number of hydrogen-bond acceptors (Lipinski definition) is 7. The van der Waals surface area contributed by atoms with E-state index in [9.17, 15) is 18.4 Å². The summed E-state index contributed by atoms with van der Waals surface area (Å²) < 4.78 is 34.3. The Hall–Kier alpha value is -3.05. The van der Waals surface area contributed by atoms with Crippen molar-refractivity contribution in [1.82, 2.24) is 10.3 Å². The lowest BCUT2D eigenvalue weighted by Crippen LogP contribution is -2.17. The molecule has 7 nitrogen and oxygen atoms in total. The van der Waals surface area contributed by atoms with Crippen molar-refractivity contribution < 1.29 is 27.8 Å². The monoisotopic (exact) mass is 467 g/mol. The number of nitrogens with one attached hydrogen (secondary N) is 2. The number of aryl methyl sites for hydroxylation is 1. The van der Waals surface area contributed by atoms with E-state index < -0.39 is 12.5 Å². The van der Waals surface area contributed by atoms with Crippen molar-refractivity contribution in [3.05, 3.63) is 45.6 Å². The van der Waals surface area contributed by atoms with E-state index >= 15 is 0 Å². The van der Waals surface area contributed by atoms with Crippen molar-refractivity contribution in [3.8, 4) is 22.1 Å². The van der Waals surface area contributed by atoms with Crippen molar-refractivity contribution in [2.45, 2.75) is 27.0 Å². The van der Waals surface area contributed by atoms with Crippen molar-refractivity contribution in [2.24, 2.45) is 0 Å². The zero-order chi connectivity index (χ0) is 22.5. The predicted octanol–water partition coefficient (Wildman–Crippen LogP) is 4.68. The first kappa shape index (κ1) is 22.6. The molecule has 0 aliphatic heterocycles. The maximum absolute atomic E-state index is 12.6. The SMILES string of the molecule is COc1cc(C(=O)Nc2nc(-c3ccc(CNC(C)=O)s3)c(C)s2)ccc1OC(F)F. The standard InChI is InChI=1S/C20H19F2N3O4S2/c1-10-17(16-7-5-13(31-16)9-23-11(2)26)24-20(30-10)25-18(27)12-4-6-14(29-19(21)22)15(8-12)28-3/h4-8,19H,9H2,1-3H3,(H,23,26)(H,24,25,27). The second-order valence-electron chi connectivity index (χ2n) is 6.30. The molecule has 31 heavy (non-hydrogen) atoms. The normalized spacial score (nSPS) is 10.8. The van der Waals surface area contributed by atoms with Gasteiger partial charge >= 0.3 is 6.61 Å². The molecular weight excluding hydrogens is 448 g/mol. The molecule has 3 aromatic rings. The van der Waals surface area contributed by atoms with E-state index in [-0.39, 0.29) is 23.0 Å². The van der Waals surface area contributed by atoms with Crippen LogP contribution in [0.2, 0.25) is 0 Å². The van der Waals surface area contributed by atoms with Gasteiger partial charge in [0, 0.05) is 22.2 Å². The van der Waals surface area contributed by atoms with Gasteiger partial charge in [-0.05, 0) is 37.3 Å². The quantitative estimate of drug-likeness (QED) is 0.502. The fourth-order valence-electron chi connectivity index (χ4n) is 2.66. The Labute approximate surface area is 185 Å². The van der Waals surface area contributed by atoms with Gasteiger partial charge in [0.2, 0.25) is 5.91 Å². The molecule has 3 rings (SSSR count). The fourth-order valence-corrected chi connectivity index (χ4v) is 4.54. The van der Waals surface area contributed by atoms with Gasteiger partial charge in [0.1, 0.15) is 0 Å². The van der Waals surface area contributed by atoms with Crippen LogP contribution in [-0.2, 0) is 11.3 Å². The Morgan fingerprint density at radius 3 is 2.61 bits per heavy atom. The number of carbonyl (C=O) groups is 2. The maximum atomic E-state index is 12.6. The van der Waals surface area contributed by atoms with Crippen LogP contribution in [0.1, 0.15) is 27.0 Å². The number of thiophene rings is 1. The minimum atomic E-state index is -3.00. The minimum Gasteiger partial charge on any atom is -0.493 e. The van der Waals surface area contributed by atoms with Crippen LogP contribution in [0.4, 0.5) is 13.9 Å². The molecule has 11 heteroatoms. The predicted molar refractivity (Wildman–Crippen MR) is 115 cm³/mol. The molecule has 0 aliphatic rings. The van der Waals surface area contributed by atoms with Gasteiger partial charge in [-0.3, -0.25) is 14.9 Å². The highest BCUT2D eigenvalue weighted by molar-refractivity contribution is 7.18. The number of nitrogens with zero attached hydrogens (tertiary/aromatic N) is 1. The van der Waals surface area contributed by atoms with Gasteiger partial charge < -0.3 is 14.8 Å². The molecule has 0 atom stereocenters. The highest BCUT2D eigenvalue weighted by Gasteiger charge is 2.17. The molecule has 0 aliphatic carbocycles. The number of rotatable bonds is 8. The molecule has 0 saturated carbocycles. The highest BCUT2D eigenvalue weighted by Crippen LogP contribution is 2.35. The number of ether oxygens (including phenoxy) is 2. The zero-order valence-corrected chi connectivity index (χ0v) is 18.5. The highest BCUT2D eigenvalue weighted by atomic mass is 32.1. The van der Waals surface area contributed by atoms with Gasteiger partial charge in [-0.25, -0.2) is 4.98 Å². The number of hydrogen-bond donors (Lipinski definition) is 2. The van der Waals surface area contributed by atoms with Crippen LogP contribution in [0.5, 0.6) is 11.5 Å². The lowest BCUT2D eigenvalue weighted by Gasteiger charge is -2.11. The summed E-state index contributed by atoms with van der Waals surface area (Å²) in [5, 5.41) is 5.87. The van der Waals surface area contributed by atoms with E-state index in [0.717, 1.165) is 20.3 Å². The van der Waals surface area contributed by atoms with E-state index in [0.29, 0.717) is 11.7 Å². The van der Waals surface area contributed by atoms with Gasteiger partial charge in [0.15, 0.2) is 16.6 Å². The molecule has 2 amide bonds. The van der Waals surface area contributed by atoms with E-state index in [1.165, 1.54) is 54.9 Å². The van der Waals surface area contributed by atoms with Gasteiger partial charge in [0.05, 0.1) is 24.2 Å². The van der Waals surface area contributed by atoms with Gasteiger partial charge in [-0.15, -0.1) is 22.7 Å². The van der Waals surface area contributed by atoms with Crippen molar-refractivity contribution in [2.75, 3.05) is 12.4 Å². The molecule has 0 saturated heterocycles. The Bertz CT molecular complexity index is 1100. The largest absolute Gasteiger partial charge is 0.493 e. The fraction of sp³-hybridized carbons (Fsp3) is 0.250. The summed E-state index contributed by atoms with van der Waals surface area (Å²) in [6.07, 6.45) is 0. The smallest absolute Gasteiger partial charge is 0.387 e. The lowest BCUT2D eigenvalue weighted by atomic mass is 10.2. The molecule has 0 fully saturated rings. The second kappa shape index (κ2) is 9.84. The number of alkyl halides is 2. The van der Waals surface area contributed by atoms with Crippen LogP contribution in [0.25, 0.3) is 10.6 Å². The summed E-state index contributed by atoms with van der Waals surface area (Å²) >= 11 is 2.83. The number of halogens is 2. The molecular formula is C20H19F2N3O4S2. The lowest BCUT2D eigenvalue weighted by molar-refractivity contribution is -0.119. The molecule has 2 heterocycles. The first-order valence-electron chi connectivity index (χ1n) is 9.02. The first-order valence-corrected chi connectivity index (χ1v) is 10.6. The van der Waals surface area contributed by atoms with Crippen LogP contribution >= 0.6 is 22.7 Å². The Morgan fingerprint density at radius 2 is 1.94 bits per heavy atom. The molecule has 0 radical (unpaired) electrons. The Balaban J connectivity index is 1.74. The van der Waals surface area contributed by atoms with Crippen molar-refractivity contribution in [3.63, 3.8) is 0 Å². The van der Waals surface area contributed by atoms with Gasteiger partial charge in [-0.1, -0.05) is 0 Å². The van der Waals surface area contributed by atoms with E-state index in [4.69, 9.17) is 4.74 Å². The third-order valence-corrected chi connectivity index (χ3v) is 6.04. The molecule has 1 aromatic carbocycles. The topological polar surface area (TPSA) is 89.5 Å². The number of anilines is 1. The molecule has 164 valence electrons. The number of methoxy groups -OCH3 is 1. The van der Waals surface area contributed by atoms with Crippen molar-refractivity contribution in [1.29, 1.82) is 0 Å². The number of carbonyl (C=O) groups excluding carboxylic acids is 2. The van der Waals surface area contributed by atoms with Crippen LogP contribution in [0.3, 0.4) is 0 Å². The Morgan fingerprint density at radius 1 is 1.16 bits per heavy atom. The summed E-state index contributed by atoms with van der Waals surface area (Å²) in [4.78, 5) is 31.0. The summed E-state index contributed by atoms with van der Waals surface area (Å²) in [5.74, 6) is -0.696. The number of thiazole rings is 1. The second-order valence-corrected chi connectivity index (χ2v) is 8.67. The molecule has 0 spiro atoms. The first-order chi connectivity index (χ1) is 14.8. The van der Waals surface area contributed by atoms with Gasteiger partial charge in [0.25, 0.3) is 5.91 Å². The Kier molecular flexibility index (Phi) is 7.18. The zero-order valence-electron chi connectivity index (χ0n) is 16.8. The number of amides is 2. The molecule has 2 N–H and O–H groups in total. The summed E-state index contributed by atoms with van der Waals surface area (Å²) in [7, 11) is 1.30. The van der Waals surface area contributed by atoms with E-state index in [2.05, 4.69) is 20.4 Å². The van der Waals surface area contributed by atoms with E-state index in [1.54, 1.807) is 0 Å². The minimum absolute atomic E-state index is 0.0224. The van der Waals surface area contributed by atoms with Crippen molar-refractivity contribution >= 4 is 39.6 Å².